The maximum Gasteiger partial charge on any atom is 0.326 e. The van der Waals surface area contributed by atoms with Gasteiger partial charge in [-0.15, -0.1) is 0 Å². The number of amides is 3. The fourth-order valence-electron chi connectivity index (χ4n) is 3.86. The lowest BCUT2D eigenvalue weighted by molar-refractivity contribution is 0.0959. The molecule has 2 N–H and O–H groups in total. The molecule has 178 valence electrons. The third-order valence-electron chi connectivity index (χ3n) is 6.19. The molecule has 3 amide bonds. The molecule has 0 unspecified atom stereocenters. The van der Waals surface area contributed by atoms with Gasteiger partial charge in [-0.25, -0.2) is 13.6 Å². The van der Waals surface area contributed by atoms with Crippen molar-refractivity contribution in [1.29, 1.82) is 0 Å². The highest BCUT2D eigenvalue weighted by molar-refractivity contribution is 6.08. The van der Waals surface area contributed by atoms with E-state index in [0.29, 0.717) is 11.4 Å². The number of hydrogen-bond donors (Lipinski definition) is 2. The van der Waals surface area contributed by atoms with E-state index in [1.807, 2.05) is 59.8 Å². The van der Waals surface area contributed by atoms with Gasteiger partial charge in [0.1, 0.15) is 28.7 Å². The van der Waals surface area contributed by atoms with Crippen LogP contribution in [0.15, 0.2) is 30.3 Å². The van der Waals surface area contributed by atoms with E-state index in [4.69, 9.17) is 4.74 Å². The Bertz CT molecular complexity index is 1270. The number of anilines is 1. The molecule has 0 bridgehead atoms. The van der Waals surface area contributed by atoms with Crippen LogP contribution in [0, 0.1) is 60.1 Å². The van der Waals surface area contributed by atoms with Crippen LogP contribution >= 0.6 is 0 Å². The summed E-state index contributed by atoms with van der Waals surface area (Å²) in [5.41, 5.74) is 6.09. The predicted octanol–water partition coefficient (Wildman–Crippen LogP) is 6.88. The van der Waals surface area contributed by atoms with Gasteiger partial charge in [0, 0.05) is 5.69 Å². The zero-order chi connectivity index (χ0) is 25.3. The van der Waals surface area contributed by atoms with E-state index in [9.17, 15) is 18.4 Å². The molecular weight excluding hydrogens is 438 g/mol. The van der Waals surface area contributed by atoms with E-state index in [2.05, 4.69) is 11.4 Å². The van der Waals surface area contributed by atoms with Crippen LogP contribution in [0.25, 0.3) is 0 Å². The summed E-state index contributed by atoms with van der Waals surface area (Å²) in [4.78, 5) is 24.8. The molecule has 0 aromatic heterocycles. The number of hydrogen-bond acceptors (Lipinski definition) is 3. The largest absolute Gasteiger partial charge is 0.456 e. The maximum absolute atomic E-state index is 13.9. The van der Waals surface area contributed by atoms with Crippen molar-refractivity contribution in [2.24, 2.45) is 0 Å². The summed E-state index contributed by atoms with van der Waals surface area (Å²) in [6, 6.07) is 6.23. The monoisotopic (exact) mass is 466 g/mol. The number of urea groups is 1. The third kappa shape index (κ3) is 4.78. The number of nitrogens with one attached hydrogen (secondary N) is 2. The molecule has 34 heavy (non-hydrogen) atoms. The molecule has 0 fully saturated rings. The Hall–Kier alpha value is -3.74. The first-order valence-corrected chi connectivity index (χ1v) is 10.8. The second-order valence-corrected chi connectivity index (χ2v) is 8.52. The van der Waals surface area contributed by atoms with Crippen molar-refractivity contribution in [1.82, 2.24) is 5.32 Å². The number of carbonyl (C=O) groups excluding carboxylic acids is 2. The normalized spacial score (nSPS) is 10.7. The second kappa shape index (κ2) is 9.63. The summed E-state index contributed by atoms with van der Waals surface area (Å²) in [7, 11) is 0. The van der Waals surface area contributed by atoms with Gasteiger partial charge in [-0.2, -0.15) is 0 Å². The maximum atomic E-state index is 13.9. The van der Waals surface area contributed by atoms with Gasteiger partial charge in [0.05, 0.1) is 0 Å². The Morgan fingerprint density at radius 3 is 1.91 bits per heavy atom. The minimum absolute atomic E-state index is 0.499. The van der Waals surface area contributed by atoms with Gasteiger partial charge in [-0.05, 0) is 106 Å². The number of carbonyl (C=O) groups is 2. The van der Waals surface area contributed by atoms with Gasteiger partial charge in [0.15, 0.2) is 0 Å². The first kappa shape index (κ1) is 24.9. The van der Waals surface area contributed by atoms with Crippen molar-refractivity contribution in [3.8, 4) is 11.5 Å². The van der Waals surface area contributed by atoms with E-state index in [-0.39, 0.29) is 0 Å². The first-order valence-electron chi connectivity index (χ1n) is 10.8. The Morgan fingerprint density at radius 1 is 0.794 bits per heavy atom. The Labute approximate surface area is 198 Å². The van der Waals surface area contributed by atoms with Crippen molar-refractivity contribution in [3.63, 3.8) is 0 Å². The van der Waals surface area contributed by atoms with E-state index >= 15 is 0 Å². The van der Waals surface area contributed by atoms with E-state index in [0.717, 1.165) is 62.9 Å². The highest BCUT2D eigenvalue weighted by atomic mass is 19.1. The minimum atomic E-state index is -1.16. The summed E-state index contributed by atoms with van der Waals surface area (Å²) in [5.74, 6) is -1.81. The van der Waals surface area contributed by atoms with Crippen LogP contribution < -0.4 is 15.4 Å². The quantitative estimate of drug-likeness (QED) is 0.441. The average molecular weight is 467 g/mol. The van der Waals surface area contributed by atoms with Crippen molar-refractivity contribution in [2.75, 3.05) is 5.32 Å². The summed E-state index contributed by atoms with van der Waals surface area (Å²) >= 11 is 0. The fourth-order valence-corrected chi connectivity index (χ4v) is 3.86. The van der Waals surface area contributed by atoms with E-state index < -0.39 is 29.1 Å². The smallest absolute Gasteiger partial charge is 0.326 e. The van der Waals surface area contributed by atoms with Crippen LogP contribution in [-0.2, 0) is 0 Å². The van der Waals surface area contributed by atoms with Gasteiger partial charge < -0.3 is 10.1 Å². The minimum Gasteiger partial charge on any atom is -0.456 e. The molecule has 0 spiro atoms. The molecule has 0 heterocycles. The molecule has 0 radical (unpaired) electrons. The van der Waals surface area contributed by atoms with Crippen LogP contribution in [0.2, 0.25) is 0 Å². The lowest BCUT2D eigenvalue weighted by Crippen LogP contribution is -2.35. The standard InChI is InChI=1S/C27H28F2N2O3/c1-13-11-14(2)15(3)22(12-13)34-25-18(6)16(4)24(17(5)19(25)7)30-27(33)31-26(32)23-20(28)9-8-10-21(23)29/h8-12H,1-7H3,(H2,30,31,32,33). The predicted molar refractivity (Wildman–Crippen MR) is 129 cm³/mol. The summed E-state index contributed by atoms with van der Waals surface area (Å²) < 4.78 is 34.1. The van der Waals surface area contributed by atoms with Gasteiger partial charge in [-0.3, -0.25) is 10.1 Å². The summed E-state index contributed by atoms with van der Waals surface area (Å²) in [5, 5.41) is 4.64. The fraction of sp³-hybridized carbons (Fsp3) is 0.259. The van der Waals surface area contributed by atoms with Crippen LogP contribution in [0.3, 0.4) is 0 Å². The highest BCUT2D eigenvalue weighted by Gasteiger charge is 2.22. The van der Waals surface area contributed by atoms with Gasteiger partial charge in [-0.1, -0.05) is 12.1 Å². The van der Waals surface area contributed by atoms with Gasteiger partial charge in [0.2, 0.25) is 0 Å². The van der Waals surface area contributed by atoms with Gasteiger partial charge in [0.25, 0.3) is 5.91 Å². The Morgan fingerprint density at radius 2 is 1.35 bits per heavy atom. The molecule has 0 aliphatic heterocycles. The van der Waals surface area contributed by atoms with Crippen molar-refractivity contribution >= 4 is 17.6 Å². The molecule has 0 atom stereocenters. The zero-order valence-corrected chi connectivity index (χ0v) is 20.4. The summed E-state index contributed by atoms with van der Waals surface area (Å²) in [6.07, 6.45) is 0. The molecular formula is C27H28F2N2O3. The molecule has 0 saturated heterocycles. The number of imide groups is 1. The average Bonchev–Trinajstić information content (AvgIpc) is 2.76. The second-order valence-electron chi connectivity index (χ2n) is 8.52. The number of halogens is 2. The Kier molecular flexibility index (Phi) is 7.05. The molecule has 3 aromatic rings. The van der Waals surface area contributed by atoms with Crippen molar-refractivity contribution in [2.45, 2.75) is 48.5 Å². The van der Waals surface area contributed by atoms with Crippen molar-refractivity contribution < 1.29 is 23.1 Å². The van der Waals surface area contributed by atoms with Gasteiger partial charge >= 0.3 is 6.03 Å². The molecule has 5 nitrogen and oxygen atoms in total. The molecule has 0 aliphatic rings. The van der Waals surface area contributed by atoms with E-state index in [1.165, 1.54) is 0 Å². The van der Waals surface area contributed by atoms with Crippen molar-refractivity contribution in [3.05, 3.63) is 86.5 Å². The zero-order valence-electron chi connectivity index (χ0n) is 20.4. The highest BCUT2D eigenvalue weighted by Crippen LogP contribution is 2.39. The number of ether oxygens (including phenoxy) is 1. The number of benzene rings is 3. The topological polar surface area (TPSA) is 67.4 Å². The molecule has 3 rings (SSSR count). The van der Waals surface area contributed by atoms with Crippen LogP contribution in [0.5, 0.6) is 11.5 Å². The summed E-state index contributed by atoms with van der Waals surface area (Å²) in [6.45, 7) is 13.5. The van der Waals surface area contributed by atoms with Crippen LogP contribution in [0.1, 0.15) is 49.3 Å². The Balaban J connectivity index is 1.90. The first-order chi connectivity index (χ1) is 15.9. The lowest BCUT2D eigenvalue weighted by atomic mass is 9.96. The van der Waals surface area contributed by atoms with Crippen LogP contribution in [-0.4, -0.2) is 11.9 Å². The molecule has 0 aliphatic carbocycles. The number of rotatable bonds is 4. The third-order valence-corrected chi connectivity index (χ3v) is 6.19. The number of aryl methyl sites for hydroxylation is 2. The van der Waals surface area contributed by atoms with Crippen LogP contribution in [0.4, 0.5) is 19.3 Å². The molecule has 3 aromatic carbocycles. The lowest BCUT2D eigenvalue weighted by Gasteiger charge is -2.22. The molecule has 7 heteroatoms. The molecule has 0 saturated carbocycles. The SMILES string of the molecule is Cc1cc(C)c(C)c(Oc2c(C)c(C)c(NC(=O)NC(=O)c3c(F)cccc3F)c(C)c2C)c1. The van der Waals surface area contributed by atoms with E-state index in [1.54, 1.807) is 0 Å².